The second-order valence-corrected chi connectivity index (χ2v) is 4.12. The van der Waals surface area contributed by atoms with Crippen LogP contribution in [0.25, 0.3) is 0 Å². The van der Waals surface area contributed by atoms with Crippen LogP contribution >= 0.6 is 0 Å². The lowest BCUT2D eigenvalue weighted by Gasteiger charge is -2.10. The van der Waals surface area contributed by atoms with Crippen molar-refractivity contribution in [1.82, 2.24) is 4.98 Å². The van der Waals surface area contributed by atoms with Gasteiger partial charge in [-0.3, -0.25) is 10.1 Å². The number of rotatable bonds is 4. The van der Waals surface area contributed by atoms with Gasteiger partial charge >= 0.3 is 0 Å². The number of anilines is 1. The third-order valence-electron chi connectivity index (χ3n) is 2.79. The number of hydrogen-bond acceptors (Lipinski definition) is 5. The maximum Gasteiger partial charge on any atom is 0.276 e. The number of halogens is 2. The molecule has 21 heavy (non-hydrogen) atoms. The molecule has 0 spiro atoms. The molecule has 0 unspecified atom stereocenters. The van der Waals surface area contributed by atoms with Crippen LogP contribution in [0.1, 0.15) is 5.56 Å². The fourth-order valence-corrected chi connectivity index (χ4v) is 1.71. The molecule has 0 amide bonds. The van der Waals surface area contributed by atoms with Gasteiger partial charge < -0.3 is 10.1 Å². The van der Waals surface area contributed by atoms with Crippen LogP contribution in [-0.2, 0) is 0 Å². The molecule has 110 valence electrons. The van der Waals surface area contributed by atoms with E-state index in [9.17, 15) is 18.9 Å². The Morgan fingerprint density at radius 1 is 1.33 bits per heavy atom. The van der Waals surface area contributed by atoms with Crippen LogP contribution in [0.15, 0.2) is 24.3 Å². The van der Waals surface area contributed by atoms with Crippen LogP contribution in [0.4, 0.5) is 20.3 Å². The topological polar surface area (TPSA) is 77.3 Å². The maximum atomic E-state index is 13.7. The molecule has 2 aromatic rings. The third kappa shape index (κ3) is 2.88. The van der Waals surface area contributed by atoms with Gasteiger partial charge in [-0.05, 0) is 13.0 Å². The van der Waals surface area contributed by atoms with Crippen molar-refractivity contribution in [2.75, 3.05) is 12.4 Å². The molecular weight excluding hydrogens is 284 g/mol. The smallest absolute Gasteiger partial charge is 0.276 e. The van der Waals surface area contributed by atoms with E-state index in [1.165, 1.54) is 32.2 Å². The van der Waals surface area contributed by atoms with Crippen molar-refractivity contribution in [2.24, 2.45) is 0 Å². The van der Waals surface area contributed by atoms with E-state index in [1.807, 2.05) is 0 Å². The quantitative estimate of drug-likeness (QED) is 0.691. The molecule has 2 rings (SSSR count). The largest absolute Gasteiger partial charge is 0.436 e. The summed E-state index contributed by atoms with van der Waals surface area (Å²) in [6.07, 6.45) is 0. The summed E-state index contributed by atoms with van der Waals surface area (Å²) < 4.78 is 32.2. The summed E-state index contributed by atoms with van der Waals surface area (Å²) in [5, 5.41) is 13.3. The lowest BCUT2D eigenvalue weighted by atomic mass is 10.2. The number of benzene rings is 1. The second-order valence-electron chi connectivity index (χ2n) is 4.12. The molecule has 0 fully saturated rings. The number of nitrogens with one attached hydrogen (secondary N) is 1. The monoisotopic (exact) mass is 295 g/mol. The lowest BCUT2D eigenvalue weighted by Crippen LogP contribution is -2.02. The molecule has 0 aliphatic heterocycles. The molecule has 0 saturated carbocycles. The Labute approximate surface area is 118 Å². The van der Waals surface area contributed by atoms with Crippen LogP contribution in [0, 0.1) is 28.7 Å². The Hall–Kier alpha value is -2.77. The summed E-state index contributed by atoms with van der Waals surface area (Å²) in [5.74, 6) is -2.45. The van der Waals surface area contributed by atoms with Crippen molar-refractivity contribution in [3.05, 3.63) is 51.6 Å². The third-order valence-corrected chi connectivity index (χ3v) is 2.79. The van der Waals surface area contributed by atoms with Gasteiger partial charge in [0.2, 0.25) is 0 Å². The molecule has 0 saturated heterocycles. The van der Waals surface area contributed by atoms with E-state index < -0.39 is 22.4 Å². The van der Waals surface area contributed by atoms with Crippen LogP contribution in [0.5, 0.6) is 11.6 Å². The molecule has 8 heteroatoms. The summed E-state index contributed by atoms with van der Waals surface area (Å²) in [4.78, 5) is 13.9. The summed E-state index contributed by atoms with van der Waals surface area (Å²) >= 11 is 0. The van der Waals surface area contributed by atoms with Gasteiger partial charge in [0.05, 0.1) is 10.5 Å². The van der Waals surface area contributed by atoms with Crippen molar-refractivity contribution in [3.8, 4) is 11.6 Å². The molecular formula is C13H11F2N3O3. The molecule has 6 nitrogen and oxygen atoms in total. The van der Waals surface area contributed by atoms with Crippen molar-refractivity contribution < 1.29 is 18.4 Å². The molecule has 1 heterocycles. The predicted octanol–water partition coefficient (Wildman–Crippen LogP) is 3.41. The standard InChI is InChI=1S/C13H11F2N3O3/c1-7-10(18(19)20)4-3-5-11(7)21-13-9(15)6-8(14)12(16-2)17-13/h3-6H,1-2H3,(H,16,17). The fraction of sp³-hybridized carbons (Fsp3) is 0.154. The molecule has 0 aliphatic rings. The Morgan fingerprint density at radius 3 is 2.67 bits per heavy atom. The average molecular weight is 295 g/mol. The number of nitro benzene ring substituents is 1. The molecule has 1 aromatic heterocycles. The number of aromatic nitrogens is 1. The van der Waals surface area contributed by atoms with Crippen LogP contribution in [0.2, 0.25) is 0 Å². The first-order valence-electron chi connectivity index (χ1n) is 5.89. The second kappa shape index (κ2) is 5.70. The van der Waals surface area contributed by atoms with Gasteiger partial charge in [-0.25, -0.2) is 8.78 Å². The van der Waals surface area contributed by atoms with Gasteiger partial charge in [-0.15, -0.1) is 0 Å². The minimum absolute atomic E-state index is 0.0734. The number of ether oxygens (including phenoxy) is 1. The number of nitro groups is 1. The fourth-order valence-electron chi connectivity index (χ4n) is 1.71. The van der Waals surface area contributed by atoms with E-state index in [4.69, 9.17) is 4.74 Å². The highest BCUT2D eigenvalue weighted by atomic mass is 19.1. The highest BCUT2D eigenvalue weighted by molar-refractivity contribution is 5.50. The maximum absolute atomic E-state index is 13.7. The first-order chi connectivity index (χ1) is 9.93. The van der Waals surface area contributed by atoms with E-state index >= 15 is 0 Å². The number of pyridine rings is 1. The van der Waals surface area contributed by atoms with E-state index in [0.29, 0.717) is 6.07 Å². The Morgan fingerprint density at radius 2 is 2.05 bits per heavy atom. The first kappa shape index (κ1) is 14.6. The minimum Gasteiger partial charge on any atom is -0.436 e. The van der Waals surface area contributed by atoms with Gasteiger partial charge in [-0.1, -0.05) is 6.07 Å². The van der Waals surface area contributed by atoms with Crippen LogP contribution in [0.3, 0.4) is 0 Å². The van der Waals surface area contributed by atoms with E-state index in [0.717, 1.165) is 0 Å². The van der Waals surface area contributed by atoms with E-state index in [1.54, 1.807) is 0 Å². The zero-order chi connectivity index (χ0) is 15.6. The normalized spacial score (nSPS) is 10.3. The van der Waals surface area contributed by atoms with Crippen molar-refractivity contribution in [2.45, 2.75) is 6.92 Å². The summed E-state index contributed by atoms with van der Waals surface area (Å²) in [6, 6.07) is 4.77. The highest BCUT2D eigenvalue weighted by Gasteiger charge is 2.18. The van der Waals surface area contributed by atoms with Gasteiger partial charge in [0.25, 0.3) is 11.6 Å². The van der Waals surface area contributed by atoms with Crippen molar-refractivity contribution >= 4 is 11.5 Å². The summed E-state index contributed by atoms with van der Waals surface area (Å²) in [6.45, 7) is 1.47. The van der Waals surface area contributed by atoms with Gasteiger partial charge in [0.15, 0.2) is 17.5 Å². The average Bonchev–Trinajstić information content (AvgIpc) is 2.43. The van der Waals surface area contributed by atoms with Gasteiger partial charge in [0.1, 0.15) is 5.75 Å². The van der Waals surface area contributed by atoms with Crippen LogP contribution in [-0.4, -0.2) is 17.0 Å². The zero-order valence-electron chi connectivity index (χ0n) is 11.2. The van der Waals surface area contributed by atoms with Crippen molar-refractivity contribution in [1.29, 1.82) is 0 Å². The zero-order valence-corrected chi connectivity index (χ0v) is 11.2. The van der Waals surface area contributed by atoms with Gasteiger partial charge in [-0.2, -0.15) is 4.98 Å². The first-order valence-corrected chi connectivity index (χ1v) is 5.89. The minimum atomic E-state index is -1.00. The molecule has 0 radical (unpaired) electrons. The molecule has 0 bridgehead atoms. The highest BCUT2D eigenvalue weighted by Crippen LogP contribution is 2.32. The molecule has 0 atom stereocenters. The summed E-state index contributed by atoms with van der Waals surface area (Å²) in [7, 11) is 1.42. The number of hydrogen-bond donors (Lipinski definition) is 1. The van der Waals surface area contributed by atoms with Crippen molar-refractivity contribution in [3.63, 3.8) is 0 Å². The Bertz CT molecular complexity index is 707. The van der Waals surface area contributed by atoms with E-state index in [2.05, 4.69) is 10.3 Å². The Kier molecular flexibility index (Phi) is 3.97. The molecule has 1 N–H and O–H groups in total. The molecule has 1 aromatic carbocycles. The SMILES string of the molecule is CNc1nc(Oc2cccc([N+](=O)[O-])c2C)c(F)cc1F. The summed E-state index contributed by atoms with van der Waals surface area (Å²) in [5.41, 5.74) is 0.0582. The lowest BCUT2D eigenvalue weighted by molar-refractivity contribution is -0.385. The number of nitrogens with zero attached hydrogens (tertiary/aromatic N) is 2. The van der Waals surface area contributed by atoms with Gasteiger partial charge in [0, 0.05) is 19.2 Å². The van der Waals surface area contributed by atoms with Crippen LogP contribution < -0.4 is 10.1 Å². The Balaban J connectivity index is 2.43. The predicted molar refractivity (Wildman–Crippen MR) is 71.6 cm³/mol. The van der Waals surface area contributed by atoms with E-state index in [-0.39, 0.29) is 22.8 Å². The molecule has 0 aliphatic carbocycles.